The van der Waals surface area contributed by atoms with E-state index in [-0.39, 0.29) is 17.8 Å². The molecule has 1 amide bonds. The third-order valence-electron chi connectivity index (χ3n) is 3.93. The van der Waals surface area contributed by atoms with E-state index in [0.29, 0.717) is 19.6 Å². The highest BCUT2D eigenvalue weighted by Crippen LogP contribution is 2.31. The summed E-state index contributed by atoms with van der Waals surface area (Å²) in [6.07, 6.45) is 3.27. The number of carbonyl (C=O) groups excluding carboxylic acids is 2. The lowest BCUT2D eigenvalue weighted by atomic mass is 10.2. The standard InChI is InChI=1S/C16H30N2O3/c1-4-17(5-2)11-7-12-18(16(20)14-8-9-14)13-10-15(19)21-6-3/h14H,4-13H2,1-3H3. The Kier molecular flexibility index (Phi) is 8.35. The molecule has 0 bridgehead atoms. The zero-order valence-electron chi connectivity index (χ0n) is 13.8. The van der Waals surface area contributed by atoms with Gasteiger partial charge in [0.2, 0.25) is 5.91 Å². The average molecular weight is 298 g/mol. The lowest BCUT2D eigenvalue weighted by molar-refractivity contribution is -0.144. The molecule has 0 N–H and O–H groups in total. The van der Waals surface area contributed by atoms with Gasteiger partial charge in [-0.15, -0.1) is 0 Å². The number of nitrogens with zero attached hydrogens (tertiary/aromatic N) is 2. The first-order valence-corrected chi connectivity index (χ1v) is 8.29. The fraction of sp³-hybridized carbons (Fsp3) is 0.875. The molecule has 0 saturated heterocycles. The molecule has 1 saturated carbocycles. The van der Waals surface area contributed by atoms with Crippen LogP contribution in [0.2, 0.25) is 0 Å². The van der Waals surface area contributed by atoms with Gasteiger partial charge in [0.25, 0.3) is 0 Å². The number of rotatable bonds is 11. The van der Waals surface area contributed by atoms with Gasteiger partial charge in [0.05, 0.1) is 13.0 Å². The summed E-state index contributed by atoms with van der Waals surface area (Å²) < 4.78 is 4.94. The Morgan fingerprint density at radius 1 is 1.05 bits per heavy atom. The molecule has 0 spiro atoms. The van der Waals surface area contributed by atoms with E-state index < -0.39 is 0 Å². The smallest absolute Gasteiger partial charge is 0.307 e. The predicted molar refractivity (Wildman–Crippen MR) is 83.0 cm³/mol. The maximum absolute atomic E-state index is 12.3. The Morgan fingerprint density at radius 2 is 1.71 bits per heavy atom. The third kappa shape index (κ3) is 6.93. The zero-order valence-corrected chi connectivity index (χ0v) is 13.8. The minimum absolute atomic E-state index is 0.209. The quantitative estimate of drug-likeness (QED) is 0.547. The van der Waals surface area contributed by atoms with Crippen molar-refractivity contribution in [3.8, 4) is 0 Å². The van der Waals surface area contributed by atoms with Crippen LogP contribution in [0.15, 0.2) is 0 Å². The molecule has 0 aromatic rings. The highest BCUT2D eigenvalue weighted by molar-refractivity contribution is 5.81. The Hall–Kier alpha value is -1.10. The molecule has 0 aromatic heterocycles. The fourth-order valence-corrected chi connectivity index (χ4v) is 2.41. The van der Waals surface area contributed by atoms with Crippen molar-refractivity contribution >= 4 is 11.9 Å². The summed E-state index contributed by atoms with van der Waals surface area (Å²) in [6, 6.07) is 0. The molecule has 122 valence electrons. The molecular weight excluding hydrogens is 268 g/mol. The maximum atomic E-state index is 12.3. The summed E-state index contributed by atoms with van der Waals surface area (Å²) in [6.45, 7) is 10.8. The number of amides is 1. The van der Waals surface area contributed by atoms with Crippen LogP contribution in [-0.2, 0) is 14.3 Å². The minimum atomic E-state index is -0.213. The van der Waals surface area contributed by atoms with Gasteiger partial charge in [-0.3, -0.25) is 9.59 Å². The Balaban J connectivity index is 2.37. The molecule has 0 unspecified atom stereocenters. The van der Waals surface area contributed by atoms with Gasteiger partial charge in [-0.2, -0.15) is 0 Å². The lowest BCUT2D eigenvalue weighted by Crippen LogP contribution is -2.37. The molecule has 1 aliphatic rings. The van der Waals surface area contributed by atoms with Gasteiger partial charge in [0.1, 0.15) is 0 Å². The summed E-state index contributed by atoms with van der Waals surface area (Å²) in [7, 11) is 0. The van der Waals surface area contributed by atoms with Crippen LogP contribution in [-0.4, -0.2) is 61.0 Å². The first kappa shape index (κ1) is 18.0. The van der Waals surface area contributed by atoms with Crippen molar-refractivity contribution in [1.29, 1.82) is 0 Å². The molecule has 0 aromatic carbocycles. The fourth-order valence-electron chi connectivity index (χ4n) is 2.41. The van der Waals surface area contributed by atoms with Gasteiger partial charge < -0.3 is 14.5 Å². The Labute approximate surface area is 128 Å². The van der Waals surface area contributed by atoms with E-state index in [9.17, 15) is 9.59 Å². The average Bonchev–Trinajstić information content (AvgIpc) is 3.31. The van der Waals surface area contributed by atoms with Crippen molar-refractivity contribution in [3.05, 3.63) is 0 Å². The minimum Gasteiger partial charge on any atom is -0.466 e. The third-order valence-corrected chi connectivity index (χ3v) is 3.93. The molecule has 1 aliphatic carbocycles. The van der Waals surface area contributed by atoms with Crippen LogP contribution in [0.4, 0.5) is 0 Å². The van der Waals surface area contributed by atoms with Gasteiger partial charge >= 0.3 is 5.97 Å². The van der Waals surface area contributed by atoms with Crippen LogP contribution in [0.25, 0.3) is 0 Å². The summed E-state index contributed by atoms with van der Waals surface area (Å²) in [5.41, 5.74) is 0. The van der Waals surface area contributed by atoms with Gasteiger partial charge in [-0.1, -0.05) is 13.8 Å². The lowest BCUT2D eigenvalue weighted by Gasteiger charge is -2.24. The molecule has 1 fully saturated rings. The number of hydrogen-bond acceptors (Lipinski definition) is 4. The molecule has 0 atom stereocenters. The molecule has 5 nitrogen and oxygen atoms in total. The van der Waals surface area contributed by atoms with Crippen LogP contribution in [0, 0.1) is 5.92 Å². The van der Waals surface area contributed by atoms with E-state index in [1.54, 1.807) is 6.92 Å². The van der Waals surface area contributed by atoms with E-state index >= 15 is 0 Å². The van der Waals surface area contributed by atoms with Gasteiger partial charge in [0.15, 0.2) is 0 Å². The highest BCUT2D eigenvalue weighted by atomic mass is 16.5. The molecule has 1 rings (SSSR count). The second-order valence-corrected chi connectivity index (χ2v) is 5.54. The molecule has 5 heteroatoms. The van der Waals surface area contributed by atoms with Crippen molar-refractivity contribution in [3.63, 3.8) is 0 Å². The molecule has 0 heterocycles. The largest absolute Gasteiger partial charge is 0.466 e. The molecule has 0 radical (unpaired) electrons. The predicted octanol–water partition coefficient (Wildman–Crippen LogP) is 1.91. The van der Waals surface area contributed by atoms with Crippen LogP contribution >= 0.6 is 0 Å². The monoisotopic (exact) mass is 298 g/mol. The summed E-state index contributed by atoms with van der Waals surface area (Å²) >= 11 is 0. The van der Waals surface area contributed by atoms with E-state index in [1.807, 2.05) is 4.90 Å². The first-order valence-electron chi connectivity index (χ1n) is 8.29. The van der Waals surface area contributed by atoms with Gasteiger partial charge in [0, 0.05) is 19.0 Å². The highest BCUT2D eigenvalue weighted by Gasteiger charge is 2.33. The van der Waals surface area contributed by atoms with E-state index in [0.717, 1.165) is 45.4 Å². The van der Waals surface area contributed by atoms with Crippen LogP contribution in [0.5, 0.6) is 0 Å². The second-order valence-electron chi connectivity index (χ2n) is 5.54. The van der Waals surface area contributed by atoms with Crippen LogP contribution in [0.3, 0.4) is 0 Å². The number of esters is 1. The van der Waals surface area contributed by atoms with Crippen molar-refractivity contribution in [2.24, 2.45) is 5.92 Å². The second kappa shape index (κ2) is 9.77. The Morgan fingerprint density at radius 3 is 2.24 bits per heavy atom. The van der Waals surface area contributed by atoms with E-state index in [1.165, 1.54) is 0 Å². The maximum Gasteiger partial charge on any atom is 0.307 e. The van der Waals surface area contributed by atoms with Crippen molar-refractivity contribution < 1.29 is 14.3 Å². The zero-order chi connectivity index (χ0) is 15.7. The first-order chi connectivity index (χ1) is 10.1. The van der Waals surface area contributed by atoms with Crippen molar-refractivity contribution in [2.75, 3.05) is 39.3 Å². The van der Waals surface area contributed by atoms with E-state index in [2.05, 4.69) is 18.7 Å². The van der Waals surface area contributed by atoms with E-state index in [4.69, 9.17) is 4.74 Å². The SMILES string of the molecule is CCOC(=O)CCN(CCCN(CC)CC)C(=O)C1CC1. The number of hydrogen-bond donors (Lipinski definition) is 0. The molecule has 21 heavy (non-hydrogen) atoms. The summed E-state index contributed by atoms with van der Waals surface area (Å²) in [5, 5.41) is 0. The molecule has 0 aliphatic heterocycles. The van der Waals surface area contributed by atoms with Gasteiger partial charge in [-0.05, 0) is 45.8 Å². The number of ether oxygens (including phenoxy) is 1. The normalized spacial score (nSPS) is 14.3. The summed E-state index contributed by atoms with van der Waals surface area (Å²) in [4.78, 5) is 27.9. The molecular formula is C16H30N2O3. The van der Waals surface area contributed by atoms with Crippen molar-refractivity contribution in [1.82, 2.24) is 9.80 Å². The van der Waals surface area contributed by atoms with Crippen molar-refractivity contribution in [2.45, 2.75) is 46.5 Å². The Bertz CT molecular complexity index is 325. The van der Waals surface area contributed by atoms with Gasteiger partial charge in [-0.25, -0.2) is 0 Å². The van der Waals surface area contributed by atoms with Crippen LogP contribution < -0.4 is 0 Å². The topological polar surface area (TPSA) is 49.9 Å². The summed E-state index contributed by atoms with van der Waals surface area (Å²) in [5.74, 6) is 0.217. The van der Waals surface area contributed by atoms with Crippen LogP contribution in [0.1, 0.15) is 46.5 Å². The number of carbonyl (C=O) groups is 2.